The van der Waals surface area contributed by atoms with Gasteiger partial charge in [-0.25, -0.2) is 4.98 Å². The molecule has 0 saturated heterocycles. The highest BCUT2D eigenvalue weighted by molar-refractivity contribution is 5.84. The summed E-state index contributed by atoms with van der Waals surface area (Å²) < 4.78 is 27.8. The van der Waals surface area contributed by atoms with Crippen LogP contribution in [0.25, 0.3) is 10.9 Å². The molecule has 0 atom stereocenters. The largest absolute Gasteiger partial charge is 0.493 e. The molecule has 3 aromatic rings. The molecular weight excluding hydrogens is 390 g/mol. The molecule has 0 fully saturated rings. The lowest BCUT2D eigenvalue weighted by Crippen LogP contribution is -2.20. The highest BCUT2D eigenvalue weighted by Gasteiger charge is 2.14. The van der Waals surface area contributed by atoms with Crippen LogP contribution in [-0.2, 0) is 0 Å². The highest BCUT2D eigenvalue weighted by atomic mass is 16.5. The second-order valence-corrected chi connectivity index (χ2v) is 6.20. The van der Waals surface area contributed by atoms with Gasteiger partial charge >= 0.3 is 0 Å². The zero-order valence-corrected chi connectivity index (χ0v) is 17.7. The molecule has 0 unspecified atom stereocenters. The molecule has 0 N–H and O–H groups in total. The molecule has 0 saturated carbocycles. The average molecular weight is 413 g/mol. The Kier molecular flexibility index (Phi) is 6.10. The fraction of sp³-hybridized carbons (Fsp3) is 0.286. The van der Waals surface area contributed by atoms with Crippen LogP contribution in [0, 0.1) is 6.92 Å². The van der Waals surface area contributed by atoms with Crippen molar-refractivity contribution < 1.29 is 23.7 Å². The SMILES string of the molecule is COc1cc2nc(C)n(N=Cc3cc(OC)c(OC)c(OC)c3)c(=O)c2cc1OC. The number of nitrogens with zero attached hydrogens (tertiary/aromatic N) is 3. The maximum atomic E-state index is 13.0. The third kappa shape index (κ3) is 3.73. The molecule has 1 heterocycles. The molecule has 3 rings (SSSR count). The number of aromatic nitrogens is 2. The summed E-state index contributed by atoms with van der Waals surface area (Å²) >= 11 is 0. The lowest BCUT2D eigenvalue weighted by molar-refractivity contribution is 0.324. The Morgan fingerprint density at radius 2 is 1.40 bits per heavy atom. The van der Waals surface area contributed by atoms with Crippen molar-refractivity contribution in [2.45, 2.75) is 6.92 Å². The molecule has 9 nitrogen and oxygen atoms in total. The third-order valence-corrected chi connectivity index (χ3v) is 4.52. The quantitative estimate of drug-likeness (QED) is 0.550. The van der Waals surface area contributed by atoms with E-state index in [9.17, 15) is 4.79 Å². The molecule has 0 radical (unpaired) electrons. The van der Waals surface area contributed by atoms with E-state index in [1.165, 1.54) is 46.4 Å². The van der Waals surface area contributed by atoms with Crippen LogP contribution >= 0.6 is 0 Å². The molecule has 2 aromatic carbocycles. The molecule has 158 valence electrons. The molecule has 0 bridgehead atoms. The zero-order valence-electron chi connectivity index (χ0n) is 17.7. The van der Waals surface area contributed by atoms with Crippen molar-refractivity contribution in [3.8, 4) is 28.7 Å². The van der Waals surface area contributed by atoms with Crippen molar-refractivity contribution in [2.75, 3.05) is 35.5 Å². The van der Waals surface area contributed by atoms with Crippen LogP contribution in [0.3, 0.4) is 0 Å². The summed E-state index contributed by atoms with van der Waals surface area (Å²) in [7, 11) is 7.62. The molecule has 9 heteroatoms. The second kappa shape index (κ2) is 8.73. The molecule has 30 heavy (non-hydrogen) atoms. The monoisotopic (exact) mass is 413 g/mol. The van der Waals surface area contributed by atoms with Gasteiger partial charge in [0.25, 0.3) is 5.56 Å². The van der Waals surface area contributed by atoms with Gasteiger partial charge in [-0.2, -0.15) is 9.78 Å². The van der Waals surface area contributed by atoms with Crippen LogP contribution in [0.5, 0.6) is 28.7 Å². The minimum absolute atomic E-state index is 0.331. The molecule has 0 aliphatic heterocycles. The zero-order chi connectivity index (χ0) is 21.8. The van der Waals surface area contributed by atoms with Crippen LogP contribution in [-0.4, -0.2) is 51.4 Å². The lowest BCUT2D eigenvalue weighted by Gasteiger charge is -2.13. The Hall–Kier alpha value is -3.75. The number of rotatable bonds is 7. The first-order chi connectivity index (χ1) is 14.5. The van der Waals surface area contributed by atoms with Crippen LogP contribution in [0.15, 0.2) is 34.2 Å². The van der Waals surface area contributed by atoms with E-state index in [0.29, 0.717) is 51.0 Å². The van der Waals surface area contributed by atoms with Gasteiger partial charge in [0, 0.05) is 11.6 Å². The van der Waals surface area contributed by atoms with Gasteiger partial charge in [0.1, 0.15) is 5.82 Å². The first-order valence-electron chi connectivity index (χ1n) is 8.97. The van der Waals surface area contributed by atoms with Crippen molar-refractivity contribution in [3.63, 3.8) is 0 Å². The normalized spacial score (nSPS) is 11.0. The molecule has 0 aliphatic carbocycles. The summed E-state index contributed by atoms with van der Waals surface area (Å²) in [6.45, 7) is 1.70. The van der Waals surface area contributed by atoms with Gasteiger partial charge in [-0.1, -0.05) is 0 Å². The van der Waals surface area contributed by atoms with Gasteiger partial charge in [-0.15, -0.1) is 0 Å². The Labute approximate surface area is 173 Å². The number of hydrogen-bond donors (Lipinski definition) is 0. The lowest BCUT2D eigenvalue weighted by atomic mass is 10.2. The van der Waals surface area contributed by atoms with E-state index in [-0.39, 0.29) is 5.56 Å². The molecular formula is C21H23N3O6. The second-order valence-electron chi connectivity index (χ2n) is 6.20. The predicted octanol–water partition coefficient (Wildman–Crippen LogP) is 2.63. The number of methoxy groups -OCH3 is 5. The fourth-order valence-corrected chi connectivity index (χ4v) is 3.05. The Bertz CT molecular complexity index is 1140. The van der Waals surface area contributed by atoms with Crippen LogP contribution in [0.2, 0.25) is 0 Å². The summed E-state index contributed by atoms with van der Waals surface area (Å²) in [4.78, 5) is 17.5. The van der Waals surface area contributed by atoms with E-state index in [1.54, 1.807) is 31.2 Å². The van der Waals surface area contributed by atoms with Crippen LogP contribution in [0.4, 0.5) is 0 Å². The van der Waals surface area contributed by atoms with Crippen molar-refractivity contribution in [1.29, 1.82) is 0 Å². The summed E-state index contributed by atoms with van der Waals surface area (Å²) in [6.07, 6.45) is 1.52. The van der Waals surface area contributed by atoms with Gasteiger partial charge in [-0.05, 0) is 25.1 Å². The number of ether oxygens (including phenoxy) is 5. The Morgan fingerprint density at radius 1 is 0.833 bits per heavy atom. The van der Waals surface area contributed by atoms with Gasteiger partial charge in [0.2, 0.25) is 5.75 Å². The first kappa shape index (κ1) is 21.0. The summed E-state index contributed by atoms with van der Waals surface area (Å²) in [6, 6.07) is 6.71. The molecule has 0 aliphatic rings. The van der Waals surface area contributed by atoms with Crippen molar-refractivity contribution in [3.05, 3.63) is 46.0 Å². The number of fused-ring (bicyclic) bond motifs is 1. The Morgan fingerprint density at radius 3 is 1.93 bits per heavy atom. The van der Waals surface area contributed by atoms with E-state index in [4.69, 9.17) is 23.7 Å². The molecule has 0 amide bonds. The maximum absolute atomic E-state index is 13.0. The van der Waals surface area contributed by atoms with E-state index in [1.807, 2.05) is 0 Å². The van der Waals surface area contributed by atoms with Crippen molar-refractivity contribution in [1.82, 2.24) is 9.66 Å². The van der Waals surface area contributed by atoms with Gasteiger partial charge < -0.3 is 23.7 Å². The number of benzene rings is 2. The predicted molar refractivity (Wildman–Crippen MR) is 113 cm³/mol. The van der Waals surface area contributed by atoms with E-state index >= 15 is 0 Å². The minimum atomic E-state index is -0.331. The Balaban J connectivity index is 2.12. The van der Waals surface area contributed by atoms with E-state index in [2.05, 4.69) is 10.1 Å². The van der Waals surface area contributed by atoms with E-state index < -0.39 is 0 Å². The fourth-order valence-electron chi connectivity index (χ4n) is 3.05. The van der Waals surface area contributed by atoms with Crippen molar-refractivity contribution >= 4 is 17.1 Å². The molecule has 0 spiro atoms. The highest BCUT2D eigenvalue weighted by Crippen LogP contribution is 2.37. The van der Waals surface area contributed by atoms with Gasteiger partial charge in [-0.3, -0.25) is 4.79 Å². The first-order valence-corrected chi connectivity index (χ1v) is 8.97. The smallest absolute Gasteiger partial charge is 0.282 e. The summed E-state index contributed by atoms with van der Waals surface area (Å²) in [5.41, 5.74) is 0.819. The van der Waals surface area contributed by atoms with Crippen molar-refractivity contribution in [2.24, 2.45) is 5.10 Å². The third-order valence-electron chi connectivity index (χ3n) is 4.52. The topological polar surface area (TPSA) is 93.4 Å². The van der Waals surface area contributed by atoms with Gasteiger partial charge in [0.05, 0.1) is 52.7 Å². The van der Waals surface area contributed by atoms with Crippen LogP contribution in [0.1, 0.15) is 11.4 Å². The summed E-state index contributed by atoms with van der Waals surface area (Å²) in [5, 5.41) is 4.68. The maximum Gasteiger partial charge on any atom is 0.282 e. The van der Waals surface area contributed by atoms with Gasteiger partial charge in [0.15, 0.2) is 23.0 Å². The number of hydrogen-bond acceptors (Lipinski definition) is 8. The van der Waals surface area contributed by atoms with E-state index in [0.717, 1.165) is 0 Å². The average Bonchev–Trinajstić information content (AvgIpc) is 2.77. The number of aryl methyl sites for hydroxylation is 1. The summed E-state index contributed by atoms with van der Waals surface area (Å²) in [5.74, 6) is 2.79. The van der Waals surface area contributed by atoms with Crippen LogP contribution < -0.4 is 29.2 Å². The molecule has 1 aromatic heterocycles. The standard InChI is InChI=1S/C21H23N3O6/c1-12-23-15-10-17(27-3)16(26-2)9-14(15)21(25)24(12)22-11-13-7-18(28-4)20(30-6)19(8-13)29-5/h7-11H,1-6H3. The minimum Gasteiger partial charge on any atom is -0.493 e.